The number of hydrogen-bond donors (Lipinski definition) is 1. The molecule has 0 bridgehead atoms. The molecule has 19 heavy (non-hydrogen) atoms. The van der Waals surface area contributed by atoms with Gasteiger partial charge in [0.05, 0.1) is 6.61 Å². The number of rotatable bonds is 4. The molecule has 0 aromatic heterocycles. The highest BCUT2D eigenvalue weighted by molar-refractivity contribution is 9.10. The van der Waals surface area contributed by atoms with Gasteiger partial charge >= 0.3 is 0 Å². The molecular weight excluding hydrogens is 334 g/mol. The maximum Gasteiger partial charge on any atom is 0.200 e. The smallest absolute Gasteiger partial charge is 0.200 e. The van der Waals surface area contributed by atoms with Gasteiger partial charge < -0.3 is 4.74 Å². The molecule has 0 saturated heterocycles. The van der Waals surface area contributed by atoms with Gasteiger partial charge in [-0.1, -0.05) is 35.2 Å². The molecule has 1 aromatic carbocycles. The Labute approximate surface area is 126 Å². The van der Waals surface area contributed by atoms with Gasteiger partial charge in [-0.05, 0) is 30.7 Å². The minimum absolute atomic E-state index is 0.00735. The van der Waals surface area contributed by atoms with Crippen LogP contribution in [0.5, 0.6) is 5.75 Å². The Bertz CT molecular complexity index is 447. The third-order valence-corrected chi connectivity index (χ3v) is 4.87. The molecule has 0 unspecified atom stereocenters. The zero-order valence-electron chi connectivity index (χ0n) is 10.6. The molecule has 1 fully saturated rings. The zero-order chi connectivity index (χ0) is 13.9. The summed E-state index contributed by atoms with van der Waals surface area (Å²) in [5.74, 6) is -1.13. The molecule has 2 rings (SSSR count). The first kappa shape index (κ1) is 15.1. The fourth-order valence-corrected chi connectivity index (χ4v) is 3.33. The van der Waals surface area contributed by atoms with Crippen LogP contribution in [0.25, 0.3) is 0 Å². The first-order valence-electron chi connectivity index (χ1n) is 6.44. The maximum atomic E-state index is 13.6. The van der Waals surface area contributed by atoms with Gasteiger partial charge in [0.1, 0.15) is 0 Å². The van der Waals surface area contributed by atoms with E-state index in [2.05, 4.69) is 28.6 Å². The molecule has 1 aliphatic carbocycles. The summed E-state index contributed by atoms with van der Waals surface area (Å²) in [4.78, 5) is 0. The molecule has 1 aromatic rings. The Hall–Kier alpha value is -0.290. The molecule has 0 amide bonds. The lowest BCUT2D eigenvalue weighted by Gasteiger charge is -2.35. The quantitative estimate of drug-likeness (QED) is 0.594. The van der Waals surface area contributed by atoms with E-state index in [1.54, 1.807) is 0 Å². The van der Waals surface area contributed by atoms with Gasteiger partial charge in [0, 0.05) is 9.89 Å². The Morgan fingerprint density at radius 2 is 1.89 bits per heavy atom. The summed E-state index contributed by atoms with van der Waals surface area (Å²) < 4.78 is 32.9. The van der Waals surface area contributed by atoms with Gasteiger partial charge in [0.15, 0.2) is 11.6 Å². The van der Waals surface area contributed by atoms with Crippen molar-refractivity contribution in [3.8, 4) is 5.75 Å². The highest BCUT2D eigenvalue weighted by atomic mass is 79.9. The molecular formula is C14H17BrF2OS. The number of halogens is 3. The van der Waals surface area contributed by atoms with Crippen LogP contribution < -0.4 is 4.74 Å². The summed E-state index contributed by atoms with van der Waals surface area (Å²) in [5, 5.41) is 0. The molecule has 5 heteroatoms. The summed E-state index contributed by atoms with van der Waals surface area (Å²) in [6, 6.07) is 2.56. The van der Waals surface area contributed by atoms with Crippen LogP contribution in [0.3, 0.4) is 0 Å². The molecule has 0 heterocycles. The van der Waals surface area contributed by atoms with Crippen molar-refractivity contribution in [2.45, 2.75) is 32.1 Å². The third-order valence-electron chi connectivity index (χ3n) is 3.74. The van der Waals surface area contributed by atoms with Gasteiger partial charge in [-0.2, -0.15) is 17.0 Å². The maximum absolute atomic E-state index is 13.6. The van der Waals surface area contributed by atoms with E-state index >= 15 is 0 Å². The van der Waals surface area contributed by atoms with Crippen molar-refractivity contribution in [2.24, 2.45) is 5.41 Å². The van der Waals surface area contributed by atoms with Crippen LogP contribution >= 0.6 is 28.6 Å². The monoisotopic (exact) mass is 350 g/mol. The average Bonchev–Trinajstić information content (AvgIpc) is 2.42. The number of ether oxygens (including phenoxy) is 1. The molecule has 0 radical (unpaired) electrons. The lowest BCUT2D eigenvalue weighted by atomic mass is 9.76. The third kappa shape index (κ3) is 3.63. The van der Waals surface area contributed by atoms with Crippen LogP contribution in [0.15, 0.2) is 16.6 Å². The SMILES string of the molecule is Fc1cc(Br)cc(OCC2(CS)CCCCC2)c1F. The predicted molar refractivity (Wildman–Crippen MR) is 78.9 cm³/mol. The van der Waals surface area contributed by atoms with E-state index in [1.807, 2.05) is 0 Å². The summed E-state index contributed by atoms with van der Waals surface area (Å²) in [7, 11) is 0. The number of thiol groups is 1. The van der Waals surface area contributed by atoms with Gasteiger partial charge in [-0.15, -0.1) is 0 Å². The van der Waals surface area contributed by atoms with E-state index in [4.69, 9.17) is 4.74 Å². The van der Waals surface area contributed by atoms with Crippen molar-refractivity contribution in [2.75, 3.05) is 12.4 Å². The number of benzene rings is 1. The fraction of sp³-hybridized carbons (Fsp3) is 0.571. The van der Waals surface area contributed by atoms with Gasteiger partial charge in [-0.3, -0.25) is 0 Å². The highest BCUT2D eigenvalue weighted by Crippen LogP contribution is 2.38. The molecule has 0 aliphatic heterocycles. The summed E-state index contributed by atoms with van der Waals surface area (Å²) >= 11 is 7.55. The van der Waals surface area contributed by atoms with E-state index in [9.17, 15) is 8.78 Å². The normalized spacial score (nSPS) is 18.3. The Morgan fingerprint density at radius 1 is 1.21 bits per heavy atom. The zero-order valence-corrected chi connectivity index (χ0v) is 13.1. The first-order chi connectivity index (χ1) is 9.06. The van der Waals surface area contributed by atoms with E-state index in [-0.39, 0.29) is 11.2 Å². The Balaban J connectivity index is 2.09. The van der Waals surface area contributed by atoms with Crippen LogP contribution in [0, 0.1) is 17.0 Å². The lowest BCUT2D eigenvalue weighted by molar-refractivity contribution is 0.117. The average molecular weight is 351 g/mol. The van der Waals surface area contributed by atoms with E-state index in [0.717, 1.165) is 31.7 Å². The summed E-state index contributed by atoms with van der Waals surface area (Å²) in [6.07, 6.45) is 5.61. The van der Waals surface area contributed by atoms with Crippen LogP contribution in [0.2, 0.25) is 0 Å². The van der Waals surface area contributed by atoms with Crippen molar-refractivity contribution >= 4 is 28.6 Å². The Morgan fingerprint density at radius 3 is 2.53 bits per heavy atom. The second-order valence-electron chi connectivity index (χ2n) is 5.21. The molecule has 0 atom stereocenters. The molecule has 1 nitrogen and oxygen atoms in total. The number of hydrogen-bond acceptors (Lipinski definition) is 2. The van der Waals surface area contributed by atoms with Gasteiger partial charge in [0.2, 0.25) is 5.82 Å². The Kier molecular flexibility index (Phi) is 5.12. The summed E-state index contributed by atoms with van der Waals surface area (Å²) in [5.41, 5.74) is -0.00735. The van der Waals surface area contributed by atoms with E-state index in [0.29, 0.717) is 16.8 Å². The van der Waals surface area contributed by atoms with Crippen LogP contribution in [0.1, 0.15) is 32.1 Å². The minimum atomic E-state index is -0.923. The van der Waals surface area contributed by atoms with Crippen LogP contribution in [0.4, 0.5) is 8.78 Å². The van der Waals surface area contributed by atoms with Crippen molar-refractivity contribution < 1.29 is 13.5 Å². The van der Waals surface area contributed by atoms with Crippen molar-refractivity contribution in [1.29, 1.82) is 0 Å². The largest absolute Gasteiger partial charge is 0.490 e. The standard InChI is InChI=1S/C14H17BrF2OS/c15-10-6-11(16)13(17)12(7-10)18-8-14(9-19)4-2-1-3-5-14/h6-7,19H,1-5,8-9H2. The predicted octanol–water partition coefficient (Wildman–Crippen LogP) is 4.99. The van der Waals surface area contributed by atoms with E-state index in [1.165, 1.54) is 12.5 Å². The van der Waals surface area contributed by atoms with Crippen LogP contribution in [-0.4, -0.2) is 12.4 Å². The minimum Gasteiger partial charge on any atom is -0.490 e. The second kappa shape index (κ2) is 6.44. The molecule has 0 N–H and O–H groups in total. The van der Waals surface area contributed by atoms with Crippen molar-refractivity contribution in [3.63, 3.8) is 0 Å². The molecule has 0 spiro atoms. The highest BCUT2D eigenvalue weighted by Gasteiger charge is 2.32. The molecule has 106 valence electrons. The van der Waals surface area contributed by atoms with Crippen molar-refractivity contribution in [1.82, 2.24) is 0 Å². The molecule has 1 aliphatic rings. The fourth-order valence-electron chi connectivity index (χ4n) is 2.52. The van der Waals surface area contributed by atoms with Gasteiger partial charge in [0.25, 0.3) is 0 Å². The lowest BCUT2D eigenvalue weighted by Crippen LogP contribution is -2.33. The molecule has 1 saturated carbocycles. The van der Waals surface area contributed by atoms with E-state index < -0.39 is 11.6 Å². The van der Waals surface area contributed by atoms with Crippen LogP contribution in [-0.2, 0) is 0 Å². The summed E-state index contributed by atoms with van der Waals surface area (Å²) in [6.45, 7) is 0.392. The second-order valence-corrected chi connectivity index (χ2v) is 6.44. The van der Waals surface area contributed by atoms with Crippen molar-refractivity contribution in [3.05, 3.63) is 28.2 Å². The first-order valence-corrected chi connectivity index (χ1v) is 7.87. The van der Waals surface area contributed by atoms with Gasteiger partial charge in [-0.25, -0.2) is 4.39 Å². The topological polar surface area (TPSA) is 9.23 Å².